The summed E-state index contributed by atoms with van der Waals surface area (Å²) in [4.78, 5) is 25.2. The average molecular weight is 316 g/mol. The number of anilines is 1. The molecule has 7 heteroatoms. The molecule has 0 aromatic heterocycles. The van der Waals surface area contributed by atoms with E-state index in [9.17, 15) is 18.0 Å². The van der Waals surface area contributed by atoms with Crippen molar-refractivity contribution in [3.05, 3.63) is 28.8 Å². The van der Waals surface area contributed by atoms with Crippen molar-refractivity contribution in [1.29, 1.82) is 0 Å². The Morgan fingerprint density at radius 1 is 1.35 bits per heavy atom. The van der Waals surface area contributed by atoms with Gasteiger partial charge in [0, 0.05) is 12.7 Å². The topological polar surface area (TPSA) is 71.5 Å². The molecule has 1 aliphatic heterocycles. The number of amides is 2. The fourth-order valence-electron chi connectivity index (χ4n) is 2.24. The molecule has 2 rings (SSSR count). The number of hydrogen-bond donors (Lipinski definition) is 0. The van der Waals surface area contributed by atoms with Gasteiger partial charge in [0.15, 0.2) is 0 Å². The van der Waals surface area contributed by atoms with Gasteiger partial charge >= 0.3 is 0 Å². The van der Waals surface area contributed by atoms with Crippen LogP contribution in [0.3, 0.4) is 0 Å². The molecule has 1 heterocycles. The van der Waals surface area contributed by atoms with Gasteiger partial charge in [-0.3, -0.25) is 9.59 Å². The van der Waals surface area contributed by atoms with Crippen molar-refractivity contribution in [2.45, 2.75) is 13.3 Å². The van der Waals surface area contributed by atoms with Crippen molar-refractivity contribution in [3.63, 3.8) is 0 Å². The maximum atomic E-state index is 12.2. The van der Waals surface area contributed by atoms with E-state index in [-0.39, 0.29) is 17.2 Å². The molecular weight excluding hydrogens is 302 g/mol. The molecule has 5 nitrogen and oxygen atoms in total. The molecule has 108 valence electrons. The third-order valence-corrected chi connectivity index (χ3v) is 4.41. The number of sulfone groups is 1. The van der Waals surface area contributed by atoms with Crippen molar-refractivity contribution in [2.75, 3.05) is 16.9 Å². The summed E-state index contributed by atoms with van der Waals surface area (Å²) in [6.07, 6.45) is 0.948. The van der Waals surface area contributed by atoms with Crippen LogP contribution in [0, 0.1) is 12.8 Å². The lowest BCUT2D eigenvalue weighted by Gasteiger charge is -2.17. The maximum absolute atomic E-state index is 12.2. The van der Waals surface area contributed by atoms with Crippen LogP contribution in [0.1, 0.15) is 12.0 Å². The predicted octanol–water partition coefficient (Wildman–Crippen LogP) is 1.57. The molecule has 0 saturated carbocycles. The monoisotopic (exact) mass is 315 g/mol. The summed E-state index contributed by atoms with van der Waals surface area (Å²) in [6.45, 7) is 1.82. The third-order valence-electron chi connectivity index (χ3n) is 3.09. The summed E-state index contributed by atoms with van der Waals surface area (Å²) in [6, 6.07) is 5.02. The highest BCUT2D eigenvalue weighted by Gasteiger charge is 2.41. The zero-order valence-electron chi connectivity index (χ0n) is 11.1. The van der Waals surface area contributed by atoms with E-state index in [0.717, 1.165) is 16.7 Å². The molecule has 0 radical (unpaired) electrons. The quantitative estimate of drug-likeness (QED) is 0.794. The first-order valence-electron chi connectivity index (χ1n) is 6.00. The number of carbonyl (C=O) groups excluding carboxylic acids is 2. The van der Waals surface area contributed by atoms with Crippen LogP contribution in [0.25, 0.3) is 0 Å². The van der Waals surface area contributed by atoms with E-state index in [2.05, 4.69) is 0 Å². The molecule has 1 aromatic rings. The number of hydrogen-bond acceptors (Lipinski definition) is 4. The second-order valence-corrected chi connectivity index (χ2v) is 7.61. The minimum absolute atomic E-state index is 0.101. The van der Waals surface area contributed by atoms with Crippen molar-refractivity contribution in [3.8, 4) is 0 Å². The summed E-state index contributed by atoms with van der Waals surface area (Å²) in [5, 5.41) is 0.289. The van der Waals surface area contributed by atoms with E-state index in [1.54, 1.807) is 18.2 Å². The van der Waals surface area contributed by atoms with Gasteiger partial charge in [-0.1, -0.05) is 17.7 Å². The highest BCUT2D eigenvalue weighted by Crippen LogP contribution is 2.33. The van der Waals surface area contributed by atoms with Gasteiger partial charge in [-0.2, -0.15) is 0 Å². The van der Waals surface area contributed by atoms with Crippen molar-refractivity contribution < 1.29 is 18.0 Å². The Morgan fingerprint density at radius 3 is 2.60 bits per heavy atom. The minimum atomic E-state index is -3.32. The fraction of sp³-hybridized carbons (Fsp3) is 0.385. The smallest absolute Gasteiger partial charge is 0.238 e. The van der Waals surface area contributed by atoms with Gasteiger partial charge in [0.25, 0.3) is 0 Å². The number of aryl methyl sites for hydroxylation is 1. The molecule has 1 aromatic carbocycles. The zero-order valence-corrected chi connectivity index (χ0v) is 12.7. The Hall–Kier alpha value is -1.40. The lowest BCUT2D eigenvalue weighted by atomic mass is 10.1. The van der Waals surface area contributed by atoms with Gasteiger partial charge in [-0.15, -0.1) is 0 Å². The van der Waals surface area contributed by atoms with E-state index in [4.69, 9.17) is 11.6 Å². The van der Waals surface area contributed by atoms with Crippen LogP contribution >= 0.6 is 11.6 Å². The molecule has 1 unspecified atom stereocenters. The number of imide groups is 1. The average Bonchev–Trinajstić information content (AvgIpc) is 2.56. The first-order chi connectivity index (χ1) is 9.19. The Balaban J connectivity index is 2.36. The minimum Gasteiger partial charge on any atom is -0.274 e. The van der Waals surface area contributed by atoms with Crippen LogP contribution in [0.4, 0.5) is 5.69 Å². The van der Waals surface area contributed by atoms with Gasteiger partial charge in [-0.25, -0.2) is 13.3 Å². The summed E-state index contributed by atoms with van der Waals surface area (Å²) in [7, 11) is -3.32. The predicted molar refractivity (Wildman–Crippen MR) is 76.5 cm³/mol. The SMILES string of the molecule is Cc1ccc(Cl)c(N2C(=O)CC(CS(C)(=O)=O)C2=O)c1. The van der Waals surface area contributed by atoms with E-state index < -0.39 is 27.6 Å². The summed E-state index contributed by atoms with van der Waals surface area (Å²) >= 11 is 6.02. The van der Waals surface area contributed by atoms with Crippen molar-refractivity contribution in [2.24, 2.45) is 5.92 Å². The first kappa shape index (κ1) is 15.0. The van der Waals surface area contributed by atoms with Crippen LogP contribution < -0.4 is 4.90 Å². The van der Waals surface area contributed by atoms with Crippen LogP contribution in [-0.4, -0.2) is 32.2 Å². The highest BCUT2D eigenvalue weighted by molar-refractivity contribution is 7.90. The molecule has 1 atom stereocenters. The number of halogens is 1. The standard InChI is InChI=1S/C13H14ClNO4S/c1-8-3-4-10(14)11(5-8)15-12(16)6-9(13(15)17)7-20(2,18)19/h3-5,9H,6-7H2,1-2H3. The zero-order chi connectivity index (χ0) is 15.1. The van der Waals surface area contributed by atoms with Crippen LogP contribution in [-0.2, 0) is 19.4 Å². The highest BCUT2D eigenvalue weighted by atomic mass is 35.5. The molecule has 1 fully saturated rings. The van der Waals surface area contributed by atoms with Gasteiger partial charge in [0.2, 0.25) is 11.8 Å². The molecular formula is C13H14ClNO4S. The van der Waals surface area contributed by atoms with Gasteiger partial charge in [-0.05, 0) is 24.6 Å². The molecule has 20 heavy (non-hydrogen) atoms. The van der Waals surface area contributed by atoms with Crippen LogP contribution in [0.2, 0.25) is 5.02 Å². The number of benzene rings is 1. The summed E-state index contributed by atoms with van der Waals surface area (Å²) in [5.74, 6) is -2.07. The molecule has 1 aliphatic rings. The van der Waals surface area contributed by atoms with E-state index in [1.165, 1.54) is 0 Å². The number of carbonyl (C=O) groups is 2. The lowest BCUT2D eigenvalue weighted by molar-refractivity contribution is -0.122. The molecule has 0 spiro atoms. The summed E-state index contributed by atoms with van der Waals surface area (Å²) < 4.78 is 22.6. The molecule has 0 N–H and O–H groups in total. The molecule has 0 bridgehead atoms. The van der Waals surface area contributed by atoms with E-state index >= 15 is 0 Å². The fourth-order valence-corrected chi connectivity index (χ4v) is 3.43. The van der Waals surface area contributed by atoms with Gasteiger partial charge in [0.05, 0.1) is 22.4 Å². The molecule has 2 amide bonds. The van der Waals surface area contributed by atoms with E-state index in [1.807, 2.05) is 6.92 Å². The van der Waals surface area contributed by atoms with Crippen molar-refractivity contribution in [1.82, 2.24) is 0 Å². The second-order valence-electron chi connectivity index (χ2n) is 5.02. The van der Waals surface area contributed by atoms with Crippen LogP contribution in [0.15, 0.2) is 18.2 Å². The molecule has 1 saturated heterocycles. The Kier molecular flexibility index (Phi) is 3.88. The lowest BCUT2D eigenvalue weighted by Crippen LogP contribution is -2.32. The Bertz CT molecular complexity index is 684. The van der Waals surface area contributed by atoms with E-state index in [0.29, 0.717) is 5.69 Å². The first-order valence-corrected chi connectivity index (χ1v) is 8.43. The normalized spacial score (nSPS) is 19.8. The number of rotatable bonds is 3. The second kappa shape index (κ2) is 5.18. The van der Waals surface area contributed by atoms with Crippen molar-refractivity contribution >= 4 is 38.9 Å². The largest absolute Gasteiger partial charge is 0.274 e. The van der Waals surface area contributed by atoms with Gasteiger partial charge in [0.1, 0.15) is 9.84 Å². The third kappa shape index (κ3) is 3.02. The summed E-state index contributed by atoms with van der Waals surface area (Å²) in [5.41, 5.74) is 1.18. The molecule has 0 aliphatic carbocycles. The number of nitrogens with zero attached hydrogens (tertiary/aromatic N) is 1. The Labute approximate surface area is 122 Å². The van der Waals surface area contributed by atoms with Gasteiger partial charge < -0.3 is 0 Å². The van der Waals surface area contributed by atoms with Crippen LogP contribution in [0.5, 0.6) is 0 Å². The maximum Gasteiger partial charge on any atom is 0.238 e. The Morgan fingerprint density at radius 2 is 2.00 bits per heavy atom.